The Hall–Kier alpha value is -2.82. The van der Waals surface area contributed by atoms with E-state index in [0.717, 1.165) is 22.8 Å². The van der Waals surface area contributed by atoms with E-state index in [1.807, 2.05) is 47.3 Å². The van der Waals surface area contributed by atoms with Crippen molar-refractivity contribution in [3.63, 3.8) is 0 Å². The van der Waals surface area contributed by atoms with Crippen LogP contribution in [0.2, 0.25) is 0 Å². The number of fused-ring (bicyclic) bond motifs is 1. The lowest BCUT2D eigenvalue weighted by atomic mass is 9.87. The highest BCUT2D eigenvalue weighted by Gasteiger charge is 2.24. The minimum absolute atomic E-state index is 0.0713. The van der Waals surface area contributed by atoms with Crippen LogP contribution in [0.15, 0.2) is 54.7 Å². The molecular weight excluding hydrogens is 326 g/mol. The van der Waals surface area contributed by atoms with Crippen molar-refractivity contribution in [3.8, 4) is 22.8 Å². The summed E-state index contributed by atoms with van der Waals surface area (Å²) in [5.74, 6) is 1.61. The minimum Gasteiger partial charge on any atom is -0.486 e. The third-order valence-electron chi connectivity index (χ3n) is 4.53. The van der Waals surface area contributed by atoms with Crippen molar-refractivity contribution >= 4 is 0 Å². The fourth-order valence-corrected chi connectivity index (χ4v) is 3.01. The molecule has 26 heavy (non-hydrogen) atoms. The van der Waals surface area contributed by atoms with Crippen LogP contribution in [-0.2, 0) is 12.0 Å². The molecule has 1 aromatic heterocycles. The van der Waals surface area contributed by atoms with E-state index in [9.17, 15) is 0 Å². The summed E-state index contributed by atoms with van der Waals surface area (Å²) in [5.41, 5.74) is 3.21. The zero-order valence-electron chi connectivity index (χ0n) is 15.3. The molecule has 5 heteroatoms. The smallest absolute Gasteiger partial charge is 0.162 e. The van der Waals surface area contributed by atoms with E-state index in [2.05, 4.69) is 43.2 Å². The number of rotatable bonds is 3. The highest BCUT2D eigenvalue weighted by Crippen LogP contribution is 2.36. The van der Waals surface area contributed by atoms with Crippen molar-refractivity contribution in [1.29, 1.82) is 0 Å². The Labute approximate surface area is 153 Å². The van der Waals surface area contributed by atoms with Crippen LogP contribution >= 0.6 is 0 Å². The number of benzene rings is 2. The highest BCUT2D eigenvalue weighted by atomic mass is 16.6. The molecule has 0 saturated carbocycles. The fraction of sp³-hybridized carbons (Fsp3) is 0.333. The van der Waals surface area contributed by atoms with Crippen LogP contribution < -0.4 is 9.47 Å². The molecule has 1 aliphatic heterocycles. The fourth-order valence-electron chi connectivity index (χ4n) is 3.01. The quantitative estimate of drug-likeness (QED) is 0.715. The van der Waals surface area contributed by atoms with Gasteiger partial charge >= 0.3 is 0 Å². The van der Waals surface area contributed by atoms with E-state index < -0.39 is 0 Å². The maximum Gasteiger partial charge on any atom is 0.162 e. The Morgan fingerprint density at radius 3 is 2.65 bits per heavy atom. The van der Waals surface area contributed by atoms with Gasteiger partial charge in [-0.2, -0.15) is 0 Å². The van der Waals surface area contributed by atoms with Gasteiger partial charge < -0.3 is 9.47 Å². The molecular formula is C21H23N3O2. The Balaban J connectivity index is 1.49. The first-order valence-electron chi connectivity index (χ1n) is 8.88. The lowest BCUT2D eigenvalue weighted by Gasteiger charge is -2.28. The molecule has 0 N–H and O–H groups in total. The number of hydrogen-bond donors (Lipinski definition) is 0. The zero-order chi connectivity index (χ0) is 18.1. The first-order valence-corrected chi connectivity index (χ1v) is 8.88. The van der Waals surface area contributed by atoms with Crippen LogP contribution in [-0.4, -0.2) is 27.7 Å². The molecule has 3 aromatic rings. The lowest BCUT2D eigenvalue weighted by Crippen LogP contribution is -2.33. The van der Waals surface area contributed by atoms with E-state index in [1.54, 1.807) is 0 Å². The van der Waals surface area contributed by atoms with Crippen molar-refractivity contribution < 1.29 is 9.47 Å². The molecule has 2 aromatic carbocycles. The Kier molecular flexibility index (Phi) is 4.15. The normalized spacial score (nSPS) is 16.5. The predicted molar refractivity (Wildman–Crippen MR) is 101 cm³/mol. The third kappa shape index (κ3) is 3.43. The van der Waals surface area contributed by atoms with Gasteiger partial charge in [0.25, 0.3) is 0 Å². The summed E-state index contributed by atoms with van der Waals surface area (Å²) in [5, 5.41) is 8.49. The van der Waals surface area contributed by atoms with Crippen molar-refractivity contribution in [3.05, 3.63) is 60.3 Å². The molecule has 1 unspecified atom stereocenters. The Bertz CT molecular complexity index is 897. The molecule has 1 atom stereocenters. The zero-order valence-corrected chi connectivity index (χ0v) is 15.3. The number of aromatic nitrogens is 3. The average molecular weight is 349 g/mol. The molecule has 0 saturated heterocycles. The minimum atomic E-state index is -0.0944. The van der Waals surface area contributed by atoms with Gasteiger partial charge in [-0.05, 0) is 23.1 Å². The SMILES string of the molecule is CC(C)(C)c1ccc2c(c1)OC(Cn1cc(-c3ccccc3)nn1)CO2. The second kappa shape index (κ2) is 6.48. The van der Waals surface area contributed by atoms with Gasteiger partial charge in [-0.25, -0.2) is 4.68 Å². The molecule has 0 fully saturated rings. The summed E-state index contributed by atoms with van der Waals surface area (Å²) in [7, 11) is 0. The number of ether oxygens (including phenoxy) is 2. The first-order chi connectivity index (χ1) is 12.5. The maximum atomic E-state index is 6.17. The van der Waals surface area contributed by atoms with Crippen LogP contribution in [0.5, 0.6) is 11.5 Å². The van der Waals surface area contributed by atoms with Crippen molar-refractivity contribution in [2.75, 3.05) is 6.61 Å². The van der Waals surface area contributed by atoms with Gasteiger partial charge in [0, 0.05) is 5.56 Å². The van der Waals surface area contributed by atoms with E-state index in [-0.39, 0.29) is 11.5 Å². The molecule has 2 heterocycles. The van der Waals surface area contributed by atoms with E-state index >= 15 is 0 Å². The summed E-state index contributed by atoms with van der Waals surface area (Å²) in [6, 6.07) is 16.2. The Morgan fingerprint density at radius 1 is 1.08 bits per heavy atom. The Morgan fingerprint density at radius 2 is 1.88 bits per heavy atom. The summed E-state index contributed by atoms with van der Waals surface area (Å²) in [6.07, 6.45) is 1.85. The predicted octanol–water partition coefficient (Wildman–Crippen LogP) is 4.08. The molecule has 4 rings (SSSR count). The average Bonchev–Trinajstić information content (AvgIpc) is 3.09. The van der Waals surface area contributed by atoms with Crippen molar-refractivity contribution in [2.45, 2.75) is 38.8 Å². The molecule has 1 aliphatic rings. The standard InChI is InChI=1S/C21H23N3O2/c1-21(2,3)16-9-10-19-20(11-16)26-17(14-25-19)12-24-13-18(22-23-24)15-7-5-4-6-8-15/h4-11,13,17H,12,14H2,1-3H3. The molecule has 0 amide bonds. The van der Waals surface area contributed by atoms with Crippen LogP contribution in [0.25, 0.3) is 11.3 Å². The monoisotopic (exact) mass is 349 g/mol. The largest absolute Gasteiger partial charge is 0.486 e. The molecule has 134 valence electrons. The molecule has 5 nitrogen and oxygen atoms in total. The summed E-state index contributed by atoms with van der Waals surface area (Å²) >= 11 is 0. The van der Waals surface area contributed by atoms with E-state index in [4.69, 9.17) is 9.47 Å². The van der Waals surface area contributed by atoms with Crippen LogP contribution in [0.3, 0.4) is 0 Å². The van der Waals surface area contributed by atoms with Gasteiger partial charge in [0.1, 0.15) is 12.3 Å². The lowest BCUT2D eigenvalue weighted by molar-refractivity contribution is 0.0752. The second-order valence-corrected chi connectivity index (χ2v) is 7.65. The number of hydrogen-bond acceptors (Lipinski definition) is 4. The first kappa shape index (κ1) is 16.6. The van der Waals surface area contributed by atoms with Crippen LogP contribution in [0.1, 0.15) is 26.3 Å². The van der Waals surface area contributed by atoms with Gasteiger partial charge in [0.2, 0.25) is 0 Å². The van der Waals surface area contributed by atoms with Gasteiger partial charge in [0.05, 0.1) is 12.7 Å². The summed E-state index contributed by atoms with van der Waals surface area (Å²) < 4.78 is 13.9. The molecule has 0 aliphatic carbocycles. The van der Waals surface area contributed by atoms with Crippen molar-refractivity contribution in [1.82, 2.24) is 15.0 Å². The van der Waals surface area contributed by atoms with E-state index in [1.165, 1.54) is 5.56 Å². The molecule has 0 spiro atoms. The maximum absolute atomic E-state index is 6.17. The summed E-state index contributed by atoms with van der Waals surface area (Å²) in [4.78, 5) is 0. The van der Waals surface area contributed by atoms with Gasteiger partial charge in [0.15, 0.2) is 17.6 Å². The van der Waals surface area contributed by atoms with Gasteiger partial charge in [-0.1, -0.05) is 62.4 Å². The molecule has 0 bridgehead atoms. The third-order valence-corrected chi connectivity index (χ3v) is 4.53. The van der Waals surface area contributed by atoms with Crippen LogP contribution in [0, 0.1) is 0 Å². The molecule has 0 radical (unpaired) electrons. The summed E-state index contributed by atoms with van der Waals surface area (Å²) in [6.45, 7) is 7.67. The van der Waals surface area contributed by atoms with Crippen molar-refractivity contribution in [2.24, 2.45) is 0 Å². The highest BCUT2D eigenvalue weighted by molar-refractivity contribution is 5.57. The van der Waals surface area contributed by atoms with E-state index in [0.29, 0.717) is 13.2 Å². The number of nitrogens with zero attached hydrogens (tertiary/aromatic N) is 3. The van der Waals surface area contributed by atoms with Gasteiger partial charge in [-0.3, -0.25) is 0 Å². The second-order valence-electron chi connectivity index (χ2n) is 7.65. The van der Waals surface area contributed by atoms with Gasteiger partial charge in [-0.15, -0.1) is 5.10 Å². The van der Waals surface area contributed by atoms with Crippen LogP contribution in [0.4, 0.5) is 0 Å². The topological polar surface area (TPSA) is 49.2 Å².